The van der Waals surface area contributed by atoms with Gasteiger partial charge in [-0.15, -0.1) is 0 Å². The van der Waals surface area contributed by atoms with E-state index in [1.54, 1.807) is 36.4 Å². The van der Waals surface area contributed by atoms with E-state index in [9.17, 15) is 9.18 Å². The molecule has 0 radical (unpaired) electrons. The van der Waals surface area contributed by atoms with Gasteiger partial charge >= 0.3 is 0 Å². The van der Waals surface area contributed by atoms with Crippen LogP contribution in [0.1, 0.15) is 11.1 Å². The van der Waals surface area contributed by atoms with E-state index < -0.39 is 0 Å². The summed E-state index contributed by atoms with van der Waals surface area (Å²) >= 11 is 0. The number of amides is 1. The lowest BCUT2D eigenvalue weighted by atomic mass is 10.2. The van der Waals surface area contributed by atoms with Gasteiger partial charge in [0.1, 0.15) is 11.6 Å². The number of rotatable bonds is 6. The number of carbonyl (C=O) groups is 1. The monoisotopic (exact) mass is 298 g/mol. The maximum absolute atomic E-state index is 12.7. The number of ether oxygens (including phenoxy) is 1. The molecule has 0 atom stereocenters. The Kier molecular flexibility index (Phi) is 5.50. The molecular weight excluding hydrogens is 283 g/mol. The van der Waals surface area contributed by atoms with Gasteiger partial charge in [0.25, 0.3) is 5.91 Å². The van der Waals surface area contributed by atoms with Gasteiger partial charge in [-0.2, -0.15) is 5.26 Å². The Labute approximate surface area is 128 Å². The molecule has 2 aromatic rings. The molecule has 112 valence electrons. The van der Waals surface area contributed by atoms with Crippen molar-refractivity contribution in [1.82, 2.24) is 5.32 Å². The van der Waals surface area contributed by atoms with E-state index in [2.05, 4.69) is 11.4 Å². The Morgan fingerprint density at radius 1 is 1.09 bits per heavy atom. The lowest BCUT2D eigenvalue weighted by Gasteiger charge is -2.08. The van der Waals surface area contributed by atoms with E-state index >= 15 is 0 Å². The van der Waals surface area contributed by atoms with Crippen LogP contribution in [0.5, 0.6) is 5.75 Å². The van der Waals surface area contributed by atoms with E-state index in [4.69, 9.17) is 10.00 Å². The molecule has 2 rings (SSSR count). The first-order chi connectivity index (χ1) is 10.7. The highest BCUT2D eigenvalue weighted by Gasteiger charge is 2.03. The van der Waals surface area contributed by atoms with Crippen LogP contribution in [-0.4, -0.2) is 12.5 Å². The van der Waals surface area contributed by atoms with Gasteiger partial charge in [-0.1, -0.05) is 24.3 Å². The normalized spacial score (nSPS) is 9.82. The van der Waals surface area contributed by atoms with Gasteiger partial charge < -0.3 is 10.1 Å². The first kappa shape index (κ1) is 15.5. The van der Waals surface area contributed by atoms with E-state index in [0.29, 0.717) is 18.7 Å². The predicted molar refractivity (Wildman–Crippen MR) is 79.5 cm³/mol. The average molecular weight is 298 g/mol. The Morgan fingerprint density at radius 2 is 1.73 bits per heavy atom. The van der Waals surface area contributed by atoms with E-state index in [1.165, 1.54) is 12.1 Å². The Morgan fingerprint density at radius 3 is 2.36 bits per heavy atom. The van der Waals surface area contributed by atoms with Crippen LogP contribution in [0.3, 0.4) is 0 Å². The van der Waals surface area contributed by atoms with Crippen LogP contribution in [0, 0.1) is 17.1 Å². The summed E-state index contributed by atoms with van der Waals surface area (Å²) in [6, 6.07) is 15.0. The second-order valence-corrected chi connectivity index (χ2v) is 4.67. The Balaban J connectivity index is 1.75. The fraction of sp³-hybridized carbons (Fsp3) is 0.176. The third kappa shape index (κ3) is 4.91. The van der Waals surface area contributed by atoms with Crippen LogP contribution < -0.4 is 10.1 Å². The minimum atomic E-state index is -0.307. The molecule has 0 heterocycles. The summed E-state index contributed by atoms with van der Waals surface area (Å²) in [7, 11) is 0. The molecule has 0 aliphatic rings. The topological polar surface area (TPSA) is 62.1 Å². The third-order valence-corrected chi connectivity index (χ3v) is 2.98. The van der Waals surface area contributed by atoms with Gasteiger partial charge in [0.2, 0.25) is 0 Å². The number of halogens is 1. The predicted octanol–water partition coefficient (Wildman–Crippen LogP) is 2.59. The van der Waals surface area contributed by atoms with Gasteiger partial charge in [-0.25, -0.2) is 4.39 Å². The fourth-order valence-electron chi connectivity index (χ4n) is 1.80. The molecule has 1 amide bonds. The van der Waals surface area contributed by atoms with Crippen molar-refractivity contribution < 1.29 is 13.9 Å². The lowest BCUT2D eigenvalue weighted by molar-refractivity contribution is -0.123. The molecule has 0 aliphatic heterocycles. The number of nitrogens with one attached hydrogen (secondary N) is 1. The summed E-state index contributed by atoms with van der Waals surface area (Å²) in [6.45, 7) is 0.225. The number of carbonyl (C=O) groups excluding carboxylic acids is 1. The summed E-state index contributed by atoms with van der Waals surface area (Å²) in [5, 5.41) is 11.3. The van der Waals surface area contributed by atoms with Crippen LogP contribution in [0.4, 0.5) is 4.39 Å². The molecule has 0 unspecified atom stereocenters. The fourth-order valence-corrected chi connectivity index (χ4v) is 1.80. The van der Waals surface area contributed by atoms with Crippen molar-refractivity contribution in [3.8, 4) is 11.8 Å². The van der Waals surface area contributed by atoms with Gasteiger partial charge in [-0.05, 0) is 35.4 Å². The molecule has 0 saturated heterocycles. The van der Waals surface area contributed by atoms with Crippen molar-refractivity contribution in [1.29, 1.82) is 5.26 Å². The van der Waals surface area contributed by atoms with Crippen molar-refractivity contribution in [3.05, 3.63) is 65.5 Å². The average Bonchev–Trinajstić information content (AvgIpc) is 2.54. The van der Waals surface area contributed by atoms with Gasteiger partial charge in [-0.3, -0.25) is 4.79 Å². The summed E-state index contributed by atoms with van der Waals surface area (Å²) in [6.07, 6.45) is 0.346. The van der Waals surface area contributed by atoms with E-state index in [1.807, 2.05) is 0 Å². The van der Waals surface area contributed by atoms with Crippen LogP contribution >= 0.6 is 0 Å². The highest BCUT2D eigenvalue weighted by molar-refractivity contribution is 5.77. The molecule has 1 N–H and O–H groups in total. The lowest BCUT2D eigenvalue weighted by Crippen LogP contribution is -2.28. The maximum Gasteiger partial charge on any atom is 0.258 e. The first-order valence-corrected chi connectivity index (χ1v) is 6.77. The second kappa shape index (κ2) is 7.79. The van der Waals surface area contributed by atoms with Crippen LogP contribution in [0.25, 0.3) is 0 Å². The first-order valence-electron chi connectivity index (χ1n) is 6.77. The quantitative estimate of drug-likeness (QED) is 0.891. The number of nitriles is 1. The highest BCUT2D eigenvalue weighted by atomic mass is 19.1. The number of nitrogens with zero attached hydrogens (tertiary/aromatic N) is 1. The van der Waals surface area contributed by atoms with Crippen molar-refractivity contribution in [2.75, 3.05) is 6.61 Å². The molecule has 0 aliphatic carbocycles. The number of hydrogen-bond acceptors (Lipinski definition) is 3. The molecule has 5 heteroatoms. The zero-order valence-corrected chi connectivity index (χ0v) is 11.9. The minimum absolute atomic E-state index is 0.0984. The van der Waals surface area contributed by atoms with Crippen molar-refractivity contribution in [3.63, 3.8) is 0 Å². The highest BCUT2D eigenvalue weighted by Crippen LogP contribution is 2.12. The van der Waals surface area contributed by atoms with Gasteiger partial charge in [0.05, 0.1) is 12.5 Å². The molecule has 0 fully saturated rings. The smallest absolute Gasteiger partial charge is 0.258 e. The van der Waals surface area contributed by atoms with E-state index in [0.717, 1.165) is 11.1 Å². The number of hydrogen-bond donors (Lipinski definition) is 1. The molecule has 0 aromatic heterocycles. The molecule has 0 spiro atoms. The van der Waals surface area contributed by atoms with Crippen LogP contribution in [0.2, 0.25) is 0 Å². The zero-order valence-electron chi connectivity index (χ0n) is 11.9. The standard InChI is InChI=1S/C17H15FN2O2/c18-15-5-1-14(2-6-15)11-20-17(21)12-22-16-7-3-13(4-8-16)9-10-19/h1-8H,9,11-12H2,(H,20,21). The third-order valence-electron chi connectivity index (χ3n) is 2.98. The van der Waals surface area contributed by atoms with Crippen molar-refractivity contribution in [2.24, 2.45) is 0 Å². The Bertz CT molecular complexity index is 661. The summed E-state index contributed by atoms with van der Waals surface area (Å²) in [4.78, 5) is 11.7. The maximum atomic E-state index is 12.7. The van der Waals surface area contributed by atoms with Crippen molar-refractivity contribution in [2.45, 2.75) is 13.0 Å². The van der Waals surface area contributed by atoms with Gasteiger partial charge in [0, 0.05) is 6.54 Å². The van der Waals surface area contributed by atoms with E-state index in [-0.39, 0.29) is 18.3 Å². The van der Waals surface area contributed by atoms with Crippen LogP contribution in [-0.2, 0) is 17.8 Å². The SMILES string of the molecule is N#CCc1ccc(OCC(=O)NCc2ccc(F)cc2)cc1. The minimum Gasteiger partial charge on any atom is -0.484 e. The van der Waals surface area contributed by atoms with Crippen LogP contribution in [0.15, 0.2) is 48.5 Å². The molecule has 0 bridgehead atoms. The van der Waals surface area contributed by atoms with Crippen molar-refractivity contribution >= 4 is 5.91 Å². The summed E-state index contributed by atoms with van der Waals surface area (Å²) in [5.41, 5.74) is 1.71. The zero-order chi connectivity index (χ0) is 15.8. The Hall–Kier alpha value is -2.87. The molecule has 22 heavy (non-hydrogen) atoms. The molecule has 4 nitrogen and oxygen atoms in total. The second-order valence-electron chi connectivity index (χ2n) is 4.67. The van der Waals surface area contributed by atoms with Gasteiger partial charge in [0.15, 0.2) is 6.61 Å². The summed E-state index contributed by atoms with van der Waals surface area (Å²) < 4.78 is 18.1. The summed E-state index contributed by atoms with van der Waals surface area (Å²) in [5.74, 6) is 0.00213. The number of benzene rings is 2. The largest absolute Gasteiger partial charge is 0.484 e. The molecule has 2 aromatic carbocycles. The molecule has 0 saturated carbocycles. The molecular formula is C17H15FN2O2.